The van der Waals surface area contributed by atoms with Gasteiger partial charge in [-0.15, -0.1) is 0 Å². The van der Waals surface area contributed by atoms with Gasteiger partial charge in [-0.05, 0) is 49.9 Å². The Morgan fingerprint density at radius 1 is 1.37 bits per heavy atom. The third kappa shape index (κ3) is 2.47. The Morgan fingerprint density at radius 3 is 2.89 bits per heavy atom. The summed E-state index contributed by atoms with van der Waals surface area (Å²) in [6, 6.07) is 6.09. The van der Waals surface area contributed by atoms with Crippen molar-refractivity contribution in [3.05, 3.63) is 29.5 Å². The molecule has 0 atom stereocenters. The first kappa shape index (κ1) is 12.5. The predicted molar refractivity (Wildman–Crippen MR) is 76.7 cm³/mol. The van der Waals surface area contributed by atoms with Crippen molar-refractivity contribution in [3.8, 4) is 5.75 Å². The lowest BCUT2D eigenvalue weighted by molar-refractivity contribution is 0.415. The molecule has 3 heteroatoms. The van der Waals surface area contributed by atoms with Crippen LogP contribution in [0, 0.1) is 0 Å². The highest BCUT2D eigenvalue weighted by Crippen LogP contribution is 2.46. The largest absolute Gasteiger partial charge is 0.497 e. The maximum absolute atomic E-state index is 6.03. The van der Waals surface area contributed by atoms with Crippen LogP contribution in [-0.4, -0.2) is 13.7 Å². The molecule has 0 bridgehead atoms. The molecule has 19 heavy (non-hydrogen) atoms. The van der Waals surface area contributed by atoms with E-state index in [1.807, 2.05) is 12.1 Å². The fourth-order valence-electron chi connectivity index (χ4n) is 2.60. The van der Waals surface area contributed by atoms with Gasteiger partial charge in [0.1, 0.15) is 17.1 Å². The molecule has 1 fully saturated rings. The van der Waals surface area contributed by atoms with E-state index in [1.54, 1.807) is 7.11 Å². The molecule has 3 rings (SSSR count). The molecule has 2 aromatic rings. The standard InChI is InChI=1S/C16H21NO2/c1-3-8-17-10-15-16(11-4-5-11)13-9-12(18-2)6-7-14(13)19-15/h6-7,9,11,17H,3-5,8,10H2,1-2H3. The Kier molecular flexibility index (Phi) is 3.47. The molecule has 1 aromatic heterocycles. The molecule has 0 saturated heterocycles. The molecule has 102 valence electrons. The smallest absolute Gasteiger partial charge is 0.134 e. The monoisotopic (exact) mass is 259 g/mol. The number of benzene rings is 1. The average Bonchev–Trinajstić information content (AvgIpc) is 3.20. The summed E-state index contributed by atoms with van der Waals surface area (Å²) in [6.45, 7) is 4.04. The minimum atomic E-state index is 0.687. The maximum atomic E-state index is 6.03. The van der Waals surface area contributed by atoms with Gasteiger partial charge in [0.05, 0.1) is 13.7 Å². The lowest BCUT2D eigenvalue weighted by atomic mass is 10.1. The Balaban J connectivity index is 1.98. The minimum absolute atomic E-state index is 0.687. The van der Waals surface area contributed by atoms with Crippen LogP contribution < -0.4 is 10.1 Å². The summed E-state index contributed by atoms with van der Waals surface area (Å²) in [6.07, 6.45) is 3.71. The lowest BCUT2D eigenvalue weighted by Crippen LogP contribution is -2.14. The van der Waals surface area contributed by atoms with Gasteiger partial charge in [-0.1, -0.05) is 6.92 Å². The van der Waals surface area contributed by atoms with Gasteiger partial charge in [0.2, 0.25) is 0 Å². The maximum Gasteiger partial charge on any atom is 0.134 e. The minimum Gasteiger partial charge on any atom is -0.497 e. The van der Waals surface area contributed by atoms with Crippen LogP contribution in [0.5, 0.6) is 5.75 Å². The quantitative estimate of drug-likeness (QED) is 0.801. The van der Waals surface area contributed by atoms with Crippen LogP contribution in [-0.2, 0) is 6.54 Å². The van der Waals surface area contributed by atoms with Gasteiger partial charge < -0.3 is 14.5 Å². The molecule has 0 unspecified atom stereocenters. The van der Waals surface area contributed by atoms with Crippen LogP contribution in [0.3, 0.4) is 0 Å². The number of methoxy groups -OCH3 is 1. The third-order valence-electron chi connectivity index (χ3n) is 3.71. The zero-order chi connectivity index (χ0) is 13.2. The average molecular weight is 259 g/mol. The van der Waals surface area contributed by atoms with Gasteiger partial charge in [-0.2, -0.15) is 0 Å². The highest BCUT2D eigenvalue weighted by molar-refractivity contribution is 5.84. The number of rotatable bonds is 6. The second-order valence-corrected chi connectivity index (χ2v) is 5.25. The van der Waals surface area contributed by atoms with Crippen LogP contribution in [0.1, 0.15) is 43.4 Å². The summed E-state index contributed by atoms with van der Waals surface area (Å²) in [5.41, 5.74) is 2.38. The van der Waals surface area contributed by atoms with Crippen molar-refractivity contribution in [2.24, 2.45) is 0 Å². The number of fused-ring (bicyclic) bond motifs is 1. The van der Waals surface area contributed by atoms with Crippen molar-refractivity contribution in [3.63, 3.8) is 0 Å². The normalized spacial score (nSPS) is 15.1. The number of furan rings is 1. The van der Waals surface area contributed by atoms with Gasteiger partial charge in [0.15, 0.2) is 0 Å². The number of hydrogen-bond acceptors (Lipinski definition) is 3. The van der Waals surface area contributed by atoms with Crippen LogP contribution in [0.4, 0.5) is 0 Å². The van der Waals surface area contributed by atoms with Crippen molar-refractivity contribution >= 4 is 11.0 Å². The first-order valence-corrected chi connectivity index (χ1v) is 7.13. The van der Waals surface area contributed by atoms with Crippen LogP contribution in [0.25, 0.3) is 11.0 Å². The number of hydrogen-bond donors (Lipinski definition) is 1. The Hall–Kier alpha value is -1.48. The Labute approximate surface area is 113 Å². The van der Waals surface area contributed by atoms with Crippen LogP contribution in [0.2, 0.25) is 0 Å². The van der Waals surface area contributed by atoms with Crippen molar-refractivity contribution in [1.29, 1.82) is 0 Å². The number of nitrogens with one attached hydrogen (secondary N) is 1. The first-order chi connectivity index (χ1) is 9.33. The molecule has 1 aliphatic rings. The van der Waals surface area contributed by atoms with Gasteiger partial charge >= 0.3 is 0 Å². The molecule has 1 heterocycles. The summed E-state index contributed by atoms with van der Waals surface area (Å²) in [5, 5.41) is 4.67. The highest BCUT2D eigenvalue weighted by atomic mass is 16.5. The Morgan fingerprint density at radius 2 is 2.21 bits per heavy atom. The molecule has 1 aromatic carbocycles. The van der Waals surface area contributed by atoms with E-state index < -0.39 is 0 Å². The fraction of sp³-hybridized carbons (Fsp3) is 0.500. The zero-order valence-electron chi connectivity index (χ0n) is 11.7. The zero-order valence-corrected chi connectivity index (χ0v) is 11.7. The van der Waals surface area contributed by atoms with E-state index in [4.69, 9.17) is 9.15 Å². The van der Waals surface area contributed by atoms with E-state index in [0.29, 0.717) is 5.92 Å². The lowest BCUT2D eigenvalue weighted by Gasteiger charge is -2.03. The van der Waals surface area contributed by atoms with Crippen LogP contribution in [0.15, 0.2) is 22.6 Å². The number of ether oxygens (including phenoxy) is 1. The molecule has 1 N–H and O–H groups in total. The molecular formula is C16H21NO2. The molecular weight excluding hydrogens is 238 g/mol. The van der Waals surface area contributed by atoms with E-state index in [-0.39, 0.29) is 0 Å². The summed E-state index contributed by atoms with van der Waals surface area (Å²) in [5.74, 6) is 2.70. The summed E-state index contributed by atoms with van der Waals surface area (Å²) in [4.78, 5) is 0. The molecule has 1 saturated carbocycles. The summed E-state index contributed by atoms with van der Waals surface area (Å²) < 4.78 is 11.4. The molecule has 0 radical (unpaired) electrons. The third-order valence-corrected chi connectivity index (χ3v) is 3.71. The van der Waals surface area contributed by atoms with E-state index >= 15 is 0 Å². The van der Waals surface area contributed by atoms with Crippen molar-refractivity contribution in [2.75, 3.05) is 13.7 Å². The molecule has 0 aliphatic heterocycles. The highest BCUT2D eigenvalue weighted by Gasteiger charge is 2.30. The van der Waals surface area contributed by atoms with Crippen molar-refractivity contribution in [1.82, 2.24) is 5.32 Å². The SMILES string of the molecule is CCCNCc1oc2ccc(OC)cc2c1C1CC1. The molecule has 0 amide bonds. The van der Waals surface area contributed by atoms with Gasteiger partial charge in [-0.25, -0.2) is 0 Å². The molecule has 3 nitrogen and oxygen atoms in total. The fourth-order valence-corrected chi connectivity index (χ4v) is 2.60. The summed E-state index contributed by atoms with van der Waals surface area (Å²) in [7, 11) is 1.71. The molecule has 0 spiro atoms. The first-order valence-electron chi connectivity index (χ1n) is 7.13. The second-order valence-electron chi connectivity index (χ2n) is 5.25. The van der Waals surface area contributed by atoms with E-state index in [1.165, 1.54) is 23.8 Å². The van der Waals surface area contributed by atoms with E-state index in [0.717, 1.165) is 36.6 Å². The second kappa shape index (κ2) is 5.25. The van der Waals surface area contributed by atoms with E-state index in [2.05, 4.69) is 18.3 Å². The van der Waals surface area contributed by atoms with E-state index in [9.17, 15) is 0 Å². The van der Waals surface area contributed by atoms with Crippen molar-refractivity contribution in [2.45, 2.75) is 38.6 Å². The topological polar surface area (TPSA) is 34.4 Å². The van der Waals surface area contributed by atoms with Crippen LogP contribution >= 0.6 is 0 Å². The van der Waals surface area contributed by atoms with Crippen molar-refractivity contribution < 1.29 is 9.15 Å². The summed E-state index contributed by atoms with van der Waals surface area (Å²) >= 11 is 0. The van der Waals surface area contributed by atoms with Gasteiger partial charge in [-0.3, -0.25) is 0 Å². The van der Waals surface area contributed by atoms with Gasteiger partial charge in [0, 0.05) is 10.9 Å². The van der Waals surface area contributed by atoms with Gasteiger partial charge in [0.25, 0.3) is 0 Å². The predicted octanol–water partition coefficient (Wildman–Crippen LogP) is 3.82. The Bertz CT molecular complexity index is 569. The molecule has 1 aliphatic carbocycles.